The van der Waals surface area contributed by atoms with Gasteiger partial charge in [-0.3, -0.25) is 4.90 Å². The molecule has 0 bridgehead atoms. The van der Waals surface area contributed by atoms with Crippen molar-refractivity contribution in [1.82, 2.24) is 19.7 Å². The summed E-state index contributed by atoms with van der Waals surface area (Å²) in [6, 6.07) is 0. The SMILES string of the molecule is CCCn1ncnc1CN1CC(CN)OC1=O. The van der Waals surface area contributed by atoms with Crippen molar-refractivity contribution in [2.24, 2.45) is 5.73 Å². The number of hydrogen-bond acceptors (Lipinski definition) is 5. The van der Waals surface area contributed by atoms with Crippen molar-refractivity contribution in [2.75, 3.05) is 13.1 Å². The number of cyclic esters (lactones) is 1. The normalized spacial score (nSPS) is 19.8. The summed E-state index contributed by atoms with van der Waals surface area (Å²) in [7, 11) is 0. The van der Waals surface area contributed by atoms with Gasteiger partial charge in [-0.05, 0) is 6.42 Å². The molecule has 2 heterocycles. The molecule has 0 aromatic carbocycles. The van der Waals surface area contributed by atoms with E-state index in [1.807, 2.05) is 4.68 Å². The van der Waals surface area contributed by atoms with Crippen molar-refractivity contribution in [1.29, 1.82) is 0 Å². The lowest BCUT2D eigenvalue weighted by Crippen LogP contribution is -2.28. The maximum absolute atomic E-state index is 11.5. The summed E-state index contributed by atoms with van der Waals surface area (Å²) in [5.74, 6) is 0.779. The summed E-state index contributed by atoms with van der Waals surface area (Å²) in [6.07, 6.45) is 1.95. The summed E-state index contributed by atoms with van der Waals surface area (Å²) < 4.78 is 6.88. The smallest absolute Gasteiger partial charge is 0.410 e. The number of amides is 1. The fourth-order valence-corrected chi connectivity index (χ4v) is 1.81. The Morgan fingerprint density at radius 3 is 3.12 bits per heavy atom. The molecule has 0 aliphatic carbocycles. The predicted molar refractivity (Wildman–Crippen MR) is 60.0 cm³/mol. The highest BCUT2D eigenvalue weighted by atomic mass is 16.6. The molecule has 1 atom stereocenters. The average molecular weight is 239 g/mol. The molecule has 1 aliphatic rings. The third-order valence-corrected chi connectivity index (χ3v) is 2.68. The molecule has 17 heavy (non-hydrogen) atoms. The van der Waals surface area contributed by atoms with Crippen LogP contribution in [0.4, 0.5) is 4.79 Å². The zero-order valence-corrected chi connectivity index (χ0v) is 9.87. The molecule has 1 fully saturated rings. The fourth-order valence-electron chi connectivity index (χ4n) is 1.81. The van der Waals surface area contributed by atoms with E-state index < -0.39 is 0 Å². The molecule has 2 rings (SSSR count). The number of carbonyl (C=O) groups is 1. The highest BCUT2D eigenvalue weighted by Gasteiger charge is 2.31. The van der Waals surface area contributed by atoms with E-state index in [4.69, 9.17) is 10.5 Å². The van der Waals surface area contributed by atoms with Crippen molar-refractivity contribution in [3.05, 3.63) is 12.2 Å². The third-order valence-electron chi connectivity index (χ3n) is 2.68. The van der Waals surface area contributed by atoms with Crippen LogP contribution in [-0.4, -0.2) is 45.0 Å². The first kappa shape index (κ1) is 11.8. The second-order valence-corrected chi connectivity index (χ2v) is 4.02. The molecule has 94 valence electrons. The number of hydrogen-bond donors (Lipinski definition) is 1. The van der Waals surface area contributed by atoms with E-state index in [2.05, 4.69) is 17.0 Å². The van der Waals surface area contributed by atoms with Gasteiger partial charge in [-0.2, -0.15) is 5.10 Å². The molecule has 1 aromatic heterocycles. The van der Waals surface area contributed by atoms with Gasteiger partial charge < -0.3 is 10.5 Å². The number of nitrogens with two attached hydrogens (primary N) is 1. The Morgan fingerprint density at radius 2 is 2.47 bits per heavy atom. The Balaban J connectivity index is 2.00. The lowest BCUT2D eigenvalue weighted by molar-refractivity contribution is 0.134. The molecule has 1 saturated heterocycles. The summed E-state index contributed by atoms with van der Waals surface area (Å²) in [4.78, 5) is 17.3. The van der Waals surface area contributed by atoms with Crippen LogP contribution in [0.1, 0.15) is 19.2 Å². The van der Waals surface area contributed by atoms with Crippen LogP contribution in [0.15, 0.2) is 6.33 Å². The molecule has 7 heteroatoms. The maximum Gasteiger partial charge on any atom is 0.410 e. The van der Waals surface area contributed by atoms with Crippen molar-refractivity contribution >= 4 is 6.09 Å². The second-order valence-electron chi connectivity index (χ2n) is 4.02. The molecule has 1 amide bonds. The van der Waals surface area contributed by atoms with Gasteiger partial charge >= 0.3 is 6.09 Å². The number of ether oxygens (including phenoxy) is 1. The monoisotopic (exact) mass is 239 g/mol. The van der Waals surface area contributed by atoms with Gasteiger partial charge in [0, 0.05) is 13.1 Å². The van der Waals surface area contributed by atoms with E-state index in [0.717, 1.165) is 18.8 Å². The van der Waals surface area contributed by atoms with Crippen LogP contribution in [-0.2, 0) is 17.8 Å². The van der Waals surface area contributed by atoms with E-state index in [0.29, 0.717) is 19.6 Å². The minimum absolute atomic E-state index is 0.204. The topological polar surface area (TPSA) is 86.3 Å². The molecule has 1 aliphatic heterocycles. The van der Waals surface area contributed by atoms with E-state index in [1.54, 1.807) is 4.90 Å². The molecule has 0 saturated carbocycles. The standard InChI is InChI=1S/C10H17N5O2/c1-2-3-15-9(12-7-13-15)6-14-5-8(4-11)17-10(14)16/h7-8H,2-6,11H2,1H3. The Bertz CT molecular complexity index is 392. The van der Waals surface area contributed by atoms with Gasteiger partial charge in [-0.1, -0.05) is 6.92 Å². The molecule has 2 N–H and O–H groups in total. The zero-order valence-electron chi connectivity index (χ0n) is 9.87. The number of rotatable bonds is 5. The van der Waals surface area contributed by atoms with Crippen LogP contribution in [0.2, 0.25) is 0 Å². The number of nitrogens with zero attached hydrogens (tertiary/aromatic N) is 4. The molecule has 0 spiro atoms. The Labute approximate surface area is 99.5 Å². The lowest BCUT2D eigenvalue weighted by atomic mass is 10.3. The van der Waals surface area contributed by atoms with E-state index >= 15 is 0 Å². The summed E-state index contributed by atoms with van der Waals surface area (Å²) in [5, 5.41) is 4.11. The molecule has 1 aromatic rings. The first-order chi connectivity index (χ1) is 8.24. The average Bonchev–Trinajstić information content (AvgIpc) is 2.88. The predicted octanol–water partition coefficient (Wildman–Crippen LogP) is -0.0324. The first-order valence-corrected chi connectivity index (χ1v) is 5.77. The van der Waals surface area contributed by atoms with E-state index in [9.17, 15) is 4.79 Å². The summed E-state index contributed by atoms with van der Waals surface area (Å²) >= 11 is 0. The van der Waals surface area contributed by atoms with Gasteiger partial charge in [-0.15, -0.1) is 0 Å². The summed E-state index contributed by atoms with van der Waals surface area (Å²) in [6.45, 7) is 4.17. The van der Waals surface area contributed by atoms with Gasteiger partial charge in [-0.25, -0.2) is 14.5 Å². The Hall–Kier alpha value is -1.63. The van der Waals surface area contributed by atoms with Crippen LogP contribution in [0, 0.1) is 0 Å². The van der Waals surface area contributed by atoms with Gasteiger partial charge in [0.2, 0.25) is 0 Å². The Morgan fingerprint density at radius 1 is 1.65 bits per heavy atom. The van der Waals surface area contributed by atoms with Crippen LogP contribution in [0.25, 0.3) is 0 Å². The third kappa shape index (κ3) is 2.55. The minimum Gasteiger partial charge on any atom is -0.443 e. The number of carbonyl (C=O) groups excluding carboxylic acids is 1. The Kier molecular flexibility index (Phi) is 3.58. The first-order valence-electron chi connectivity index (χ1n) is 5.77. The molecular weight excluding hydrogens is 222 g/mol. The molecule has 0 radical (unpaired) electrons. The van der Waals surface area contributed by atoms with Crippen molar-refractivity contribution < 1.29 is 9.53 Å². The van der Waals surface area contributed by atoms with Crippen molar-refractivity contribution in [3.8, 4) is 0 Å². The van der Waals surface area contributed by atoms with Crippen LogP contribution >= 0.6 is 0 Å². The highest BCUT2D eigenvalue weighted by Crippen LogP contribution is 2.13. The summed E-state index contributed by atoms with van der Waals surface area (Å²) in [5.41, 5.74) is 5.47. The second kappa shape index (κ2) is 5.13. The van der Waals surface area contributed by atoms with Crippen LogP contribution in [0.5, 0.6) is 0 Å². The van der Waals surface area contributed by atoms with Crippen LogP contribution < -0.4 is 5.73 Å². The van der Waals surface area contributed by atoms with E-state index in [-0.39, 0.29) is 12.2 Å². The van der Waals surface area contributed by atoms with Crippen LogP contribution in [0.3, 0.4) is 0 Å². The number of aryl methyl sites for hydroxylation is 1. The van der Waals surface area contributed by atoms with Gasteiger partial charge in [0.15, 0.2) is 0 Å². The van der Waals surface area contributed by atoms with Crippen molar-refractivity contribution in [2.45, 2.75) is 32.5 Å². The quantitative estimate of drug-likeness (QED) is 0.779. The number of aromatic nitrogens is 3. The maximum atomic E-state index is 11.5. The highest BCUT2D eigenvalue weighted by molar-refractivity contribution is 5.69. The van der Waals surface area contributed by atoms with Gasteiger partial charge in [0.25, 0.3) is 0 Å². The molecule has 1 unspecified atom stereocenters. The fraction of sp³-hybridized carbons (Fsp3) is 0.700. The van der Waals surface area contributed by atoms with Crippen molar-refractivity contribution in [3.63, 3.8) is 0 Å². The lowest BCUT2D eigenvalue weighted by Gasteiger charge is -2.12. The zero-order chi connectivity index (χ0) is 12.3. The van der Waals surface area contributed by atoms with Gasteiger partial charge in [0.1, 0.15) is 18.3 Å². The van der Waals surface area contributed by atoms with Gasteiger partial charge in [0.05, 0.1) is 13.1 Å². The minimum atomic E-state index is -0.327. The molecule has 7 nitrogen and oxygen atoms in total. The molecular formula is C10H17N5O2. The largest absolute Gasteiger partial charge is 0.443 e. The van der Waals surface area contributed by atoms with E-state index in [1.165, 1.54) is 6.33 Å².